The molecular weight excluding hydrogens is 414 g/mol. The molecule has 2 aromatic rings. The summed E-state index contributed by atoms with van der Waals surface area (Å²) in [6.07, 6.45) is 6.47. The van der Waals surface area contributed by atoms with Crippen molar-refractivity contribution in [2.75, 3.05) is 30.3 Å². The van der Waals surface area contributed by atoms with E-state index in [0.717, 1.165) is 55.2 Å². The summed E-state index contributed by atoms with van der Waals surface area (Å²) in [6.45, 7) is 5.66. The molecule has 5 rings (SSSR count). The molecule has 6 heteroatoms. The number of carbonyl (C=O) groups excluding carboxylic acids is 1. The number of hydrogen-bond acceptors (Lipinski definition) is 5. The lowest BCUT2D eigenvalue weighted by molar-refractivity contribution is -0.122. The van der Waals surface area contributed by atoms with Crippen LogP contribution in [0.4, 0.5) is 11.4 Å². The smallest absolute Gasteiger partial charge is 0.267 e. The molecule has 1 saturated heterocycles. The summed E-state index contributed by atoms with van der Waals surface area (Å²) in [7, 11) is 0. The zero-order chi connectivity index (χ0) is 22.8. The first kappa shape index (κ1) is 22.1. The number of hydrogen-bond donors (Lipinski definition) is 3. The van der Waals surface area contributed by atoms with Crippen molar-refractivity contribution in [2.45, 2.75) is 64.0 Å². The van der Waals surface area contributed by atoms with Crippen LogP contribution in [-0.2, 0) is 11.3 Å². The van der Waals surface area contributed by atoms with Gasteiger partial charge in [-0.05, 0) is 79.9 Å². The molecule has 3 N–H and O–H groups in total. The number of phenols is 1. The fourth-order valence-corrected chi connectivity index (χ4v) is 5.40. The number of amides is 1. The van der Waals surface area contributed by atoms with Gasteiger partial charge in [0.25, 0.3) is 5.91 Å². The Morgan fingerprint density at radius 2 is 1.91 bits per heavy atom. The van der Waals surface area contributed by atoms with Gasteiger partial charge in [-0.25, -0.2) is 0 Å². The lowest BCUT2D eigenvalue weighted by atomic mass is 9.93. The molecule has 1 amide bonds. The molecule has 2 heterocycles. The van der Waals surface area contributed by atoms with Crippen molar-refractivity contribution in [3.63, 3.8) is 0 Å². The Morgan fingerprint density at radius 3 is 2.70 bits per heavy atom. The molecule has 176 valence electrons. The van der Waals surface area contributed by atoms with E-state index in [2.05, 4.69) is 28.5 Å². The second kappa shape index (κ2) is 9.64. The summed E-state index contributed by atoms with van der Waals surface area (Å²) in [4.78, 5) is 15.6. The Bertz CT molecular complexity index is 994. The maximum absolute atomic E-state index is 13.1. The van der Waals surface area contributed by atoms with Crippen LogP contribution in [0.25, 0.3) is 0 Å². The SMILES string of the molecule is CC1CCN(Cc2cc(C3CCCC3)c(O)cc2NC(=O)C2CNc3ccccc3O2)CC1. The summed E-state index contributed by atoms with van der Waals surface area (Å²) < 4.78 is 5.96. The molecule has 3 aliphatic rings. The minimum absolute atomic E-state index is 0.196. The molecule has 1 atom stereocenters. The van der Waals surface area contributed by atoms with Crippen LogP contribution in [0.2, 0.25) is 0 Å². The molecule has 1 saturated carbocycles. The molecule has 0 spiro atoms. The van der Waals surface area contributed by atoms with E-state index in [1.807, 2.05) is 24.3 Å². The number of ether oxygens (including phenoxy) is 1. The van der Waals surface area contributed by atoms with Crippen LogP contribution in [0.1, 0.15) is 62.5 Å². The summed E-state index contributed by atoms with van der Waals surface area (Å²) in [5, 5.41) is 17.2. The largest absolute Gasteiger partial charge is 0.508 e. The number of nitrogens with zero attached hydrogens (tertiary/aromatic N) is 1. The van der Waals surface area contributed by atoms with Crippen LogP contribution < -0.4 is 15.4 Å². The molecule has 0 aromatic heterocycles. The van der Waals surface area contributed by atoms with Crippen molar-refractivity contribution < 1.29 is 14.6 Å². The molecule has 0 radical (unpaired) electrons. The van der Waals surface area contributed by atoms with E-state index in [9.17, 15) is 9.90 Å². The van der Waals surface area contributed by atoms with Gasteiger partial charge in [0.05, 0.1) is 12.2 Å². The van der Waals surface area contributed by atoms with E-state index in [1.54, 1.807) is 6.07 Å². The number of benzene rings is 2. The third-order valence-corrected chi connectivity index (χ3v) is 7.50. The molecule has 0 bridgehead atoms. The number of likely N-dealkylation sites (tertiary alicyclic amines) is 1. The van der Waals surface area contributed by atoms with E-state index < -0.39 is 6.10 Å². The number of phenolic OH excluding ortho intramolecular Hbond substituents is 1. The number of rotatable bonds is 5. The maximum Gasteiger partial charge on any atom is 0.267 e. The number of anilines is 2. The summed E-state index contributed by atoms with van der Waals surface area (Å²) in [5.41, 5.74) is 3.72. The fraction of sp³-hybridized carbons (Fsp3) is 0.519. The number of aromatic hydroxyl groups is 1. The van der Waals surface area contributed by atoms with Gasteiger partial charge in [0, 0.05) is 18.3 Å². The Kier molecular flexibility index (Phi) is 6.45. The number of fused-ring (bicyclic) bond motifs is 1. The molecular formula is C27H35N3O3. The topological polar surface area (TPSA) is 73.8 Å². The maximum atomic E-state index is 13.1. The standard InChI is InChI=1S/C27H35N3O3/c1-18-10-12-30(13-11-18)17-20-14-21(19-6-2-3-7-19)24(31)15-23(20)29-27(32)26-16-28-22-8-4-5-9-25(22)33-26/h4-5,8-9,14-15,18-19,26,28,31H,2-3,6-7,10-13,16-17H2,1H3,(H,29,32). The summed E-state index contributed by atoms with van der Waals surface area (Å²) in [6, 6.07) is 11.6. The average Bonchev–Trinajstić information content (AvgIpc) is 3.36. The second-order valence-corrected chi connectivity index (χ2v) is 9.98. The Morgan fingerprint density at radius 1 is 1.15 bits per heavy atom. The number of carbonyl (C=O) groups is 1. The van der Waals surface area contributed by atoms with E-state index in [4.69, 9.17) is 4.74 Å². The van der Waals surface area contributed by atoms with E-state index in [-0.39, 0.29) is 5.91 Å². The van der Waals surface area contributed by atoms with Gasteiger partial charge in [-0.3, -0.25) is 9.69 Å². The Hall–Kier alpha value is -2.73. The third kappa shape index (κ3) is 4.96. The predicted octanol–water partition coefficient (Wildman–Crippen LogP) is 5.09. The highest BCUT2D eigenvalue weighted by molar-refractivity contribution is 5.96. The van der Waals surface area contributed by atoms with Crippen molar-refractivity contribution in [1.82, 2.24) is 4.90 Å². The van der Waals surface area contributed by atoms with E-state index in [1.165, 1.54) is 25.7 Å². The normalized spacial score (nSPS) is 21.8. The zero-order valence-electron chi connectivity index (χ0n) is 19.5. The second-order valence-electron chi connectivity index (χ2n) is 9.98. The van der Waals surface area contributed by atoms with Gasteiger partial charge in [-0.1, -0.05) is 31.9 Å². The molecule has 1 aliphatic carbocycles. The Labute approximate surface area is 196 Å². The summed E-state index contributed by atoms with van der Waals surface area (Å²) >= 11 is 0. The van der Waals surface area contributed by atoms with Gasteiger partial charge in [0.15, 0.2) is 6.10 Å². The number of nitrogens with one attached hydrogen (secondary N) is 2. The molecule has 2 aliphatic heterocycles. The summed E-state index contributed by atoms with van der Waals surface area (Å²) in [5.74, 6) is 1.97. The first-order valence-electron chi connectivity index (χ1n) is 12.5. The van der Waals surface area contributed by atoms with Gasteiger partial charge in [0.2, 0.25) is 0 Å². The minimum atomic E-state index is -0.625. The number of piperidine rings is 1. The molecule has 33 heavy (non-hydrogen) atoms. The van der Waals surface area contributed by atoms with Crippen LogP contribution in [0.5, 0.6) is 11.5 Å². The molecule has 2 aromatic carbocycles. The molecule has 6 nitrogen and oxygen atoms in total. The van der Waals surface area contributed by atoms with Gasteiger partial charge in [-0.2, -0.15) is 0 Å². The quantitative estimate of drug-likeness (QED) is 0.593. The van der Waals surface area contributed by atoms with Crippen LogP contribution in [-0.4, -0.2) is 41.7 Å². The first-order chi connectivity index (χ1) is 16.1. The lowest BCUT2D eigenvalue weighted by Crippen LogP contribution is -2.41. The Balaban J connectivity index is 1.37. The molecule has 2 fully saturated rings. The van der Waals surface area contributed by atoms with E-state index >= 15 is 0 Å². The highest BCUT2D eigenvalue weighted by Crippen LogP contribution is 2.41. The predicted molar refractivity (Wildman–Crippen MR) is 131 cm³/mol. The van der Waals surface area contributed by atoms with Gasteiger partial charge >= 0.3 is 0 Å². The number of para-hydroxylation sites is 2. The van der Waals surface area contributed by atoms with Crippen molar-refractivity contribution in [3.8, 4) is 11.5 Å². The lowest BCUT2D eigenvalue weighted by Gasteiger charge is -2.31. The van der Waals surface area contributed by atoms with Crippen LogP contribution >= 0.6 is 0 Å². The average molecular weight is 450 g/mol. The van der Waals surface area contributed by atoms with Gasteiger partial charge in [-0.15, -0.1) is 0 Å². The monoisotopic (exact) mass is 449 g/mol. The third-order valence-electron chi connectivity index (χ3n) is 7.50. The van der Waals surface area contributed by atoms with Crippen LogP contribution in [0.15, 0.2) is 36.4 Å². The van der Waals surface area contributed by atoms with Crippen LogP contribution in [0.3, 0.4) is 0 Å². The molecule has 1 unspecified atom stereocenters. The van der Waals surface area contributed by atoms with E-state index in [0.29, 0.717) is 29.6 Å². The van der Waals surface area contributed by atoms with Crippen molar-refractivity contribution in [3.05, 3.63) is 47.5 Å². The highest BCUT2D eigenvalue weighted by Gasteiger charge is 2.28. The van der Waals surface area contributed by atoms with Crippen LogP contribution in [0, 0.1) is 5.92 Å². The van der Waals surface area contributed by atoms with Crippen molar-refractivity contribution >= 4 is 17.3 Å². The zero-order valence-corrected chi connectivity index (χ0v) is 19.5. The fourth-order valence-electron chi connectivity index (χ4n) is 5.40. The first-order valence-corrected chi connectivity index (χ1v) is 12.5. The van der Waals surface area contributed by atoms with Gasteiger partial charge in [0.1, 0.15) is 11.5 Å². The van der Waals surface area contributed by atoms with Crippen molar-refractivity contribution in [2.24, 2.45) is 5.92 Å². The minimum Gasteiger partial charge on any atom is -0.508 e. The van der Waals surface area contributed by atoms with Crippen molar-refractivity contribution in [1.29, 1.82) is 0 Å². The van der Waals surface area contributed by atoms with Gasteiger partial charge < -0.3 is 20.5 Å². The highest BCUT2D eigenvalue weighted by atomic mass is 16.5.